The zero-order chi connectivity index (χ0) is 19.7. The molecule has 1 spiro atoms. The smallest absolute Gasteiger partial charge is 0.387 e. The summed E-state index contributed by atoms with van der Waals surface area (Å²) in [4.78, 5) is 4.37. The molecule has 2 saturated carbocycles. The first kappa shape index (κ1) is 19.4. The van der Waals surface area contributed by atoms with Gasteiger partial charge in [-0.1, -0.05) is 30.5 Å². The Morgan fingerprint density at radius 2 is 2.14 bits per heavy atom. The van der Waals surface area contributed by atoms with Crippen LogP contribution in [0.25, 0.3) is 0 Å². The van der Waals surface area contributed by atoms with Crippen LogP contribution in [0.3, 0.4) is 0 Å². The van der Waals surface area contributed by atoms with Crippen LogP contribution >= 0.6 is 0 Å². The Balaban J connectivity index is 1.43. The molecular formula is C21H29F2N3O2. The van der Waals surface area contributed by atoms with Crippen molar-refractivity contribution in [3.8, 4) is 5.75 Å². The van der Waals surface area contributed by atoms with Gasteiger partial charge >= 0.3 is 6.61 Å². The minimum atomic E-state index is -2.84. The van der Waals surface area contributed by atoms with Gasteiger partial charge in [0.05, 0.1) is 6.10 Å². The third-order valence-electron chi connectivity index (χ3n) is 6.68. The molecule has 2 aliphatic carbocycles. The van der Waals surface area contributed by atoms with Crippen LogP contribution in [-0.2, 0) is 11.3 Å². The molecule has 0 radical (unpaired) electrons. The first-order chi connectivity index (χ1) is 13.5. The summed E-state index contributed by atoms with van der Waals surface area (Å²) in [7, 11) is 1.74. The number of hydrogen-bond acceptors (Lipinski definition) is 3. The Morgan fingerprint density at radius 1 is 1.36 bits per heavy atom. The number of aryl methyl sites for hydroxylation is 1. The number of aliphatic imine (C=N–C) groups is 1. The van der Waals surface area contributed by atoms with Crippen molar-refractivity contribution in [2.75, 3.05) is 13.7 Å². The Bertz CT molecular complexity index is 734. The third kappa shape index (κ3) is 3.45. The lowest BCUT2D eigenvalue weighted by molar-refractivity contribution is -0.125. The second-order valence-corrected chi connectivity index (χ2v) is 8.22. The quantitative estimate of drug-likeness (QED) is 0.593. The molecule has 7 heteroatoms. The van der Waals surface area contributed by atoms with E-state index in [9.17, 15) is 8.78 Å². The summed E-state index contributed by atoms with van der Waals surface area (Å²) >= 11 is 0. The molecule has 1 aromatic rings. The van der Waals surface area contributed by atoms with E-state index in [1.54, 1.807) is 19.2 Å². The van der Waals surface area contributed by atoms with Crippen molar-refractivity contribution in [1.29, 1.82) is 0 Å². The summed E-state index contributed by atoms with van der Waals surface area (Å²) < 4.78 is 36.1. The molecule has 4 rings (SSSR count). The van der Waals surface area contributed by atoms with E-state index in [-0.39, 0.29) is 11.2 Å². The number of ether oxygens (including phenoxy) is 2. The molecule has 3 atom stereocenters. The number of nitrogens with one attached hydrogen (secondary N) is 2. The van der Waals surface area contributed by atoms with Crippen molar-refractivity contribution in [1.82, 2.24) is 10.6 Å². The van der Waals surface area contributed by atoms with Crippen molar-refractivity contribution in [2.45, 2.75) is 64.3 Å². The lowest BCUT2D eigenvalue weighted by Crippen LogP contribution is -2.69. The summed E-state index contributed by atoms with van der Waals surface area (Å²) in [6.45, 7) is 0.309. The Kier molecular flexibility index (Phi) is 5.45. The summed E-state index contributed by atoms with van der Waals surface area (Å²) in [5, 5.41) is 6.91. The van der Waals surface area contributed by atoms with E-state index in [4.69, 9.17) is 4.74 Å². The number of rotatable bonds is 5. The molecule has 3 aliphatic rings. The molecule has 28 heavy (non-hydrogen) atoms. The topological polar surface area (TPSA) is 54.9 Å². The second kappa shape index (κ2) is 7.85. The fourth-order valence-electron chi connectivity index (χ4n) is 5.48. The van der Waals surface area contributed by atoms with Gasteiger partial charge in [0.1, 0.15) is 5.75 Å². The van der Waals surface area contributed by atoms with Crippen molar-refractivity contribution >= 4 is 5.96 Å². The molecule has 0 aromatic heterocycles. The number of nitrogens with zero attached hydrogens (tertiary/aromatic N) is 1. The summed E-state index contributed by atoms with van der Waals surface area (Å²) in [6, 6.07) is 5.59. The summed E-state index contributed by atoms with van der Waals surface area (Å²) in [5.41, 5.74) is 1.91. The Labute approximate surface area is 164 Å². The highest BCUT2D eigenvalue weighted by atomic mass is 19.3. The molecule has 3 fully saturated rings. The van der Waals surface area contributed by atoms with Gasteiger partial charge in [-0.3, -0.25) is 4.99 Å². The van der Waals surface area contributed by atoms with Crippen LogP contribution < -0.4 is 15.4 Å². The number of hydrogen-bond donors (Lipinski definition) is 2. The van der Waals surface area contributed by atoms with E-state index >= 15 is 0 Å². The predicted octanol–water partition coefficient (Wildman–Crippen LogP) is 3.61. The van der Waals surface area contributed by atoms with E-state index in [0.29, 0.717) is 36.1 Å². The van der Waals surface area contributed by atoms with E-state index in [1.165, 1.54) is 25.7 Å². The third-order valence-corrected chi connectivity index (χ3v) is 6.68. The normalized spacial score (nSPS) is 28.3. The maximum absolute atomic E-state index is 12.7. The monoisotopic (exact) mass is 393 g/mol. The lowest BCUT2D eigenvalue weighted by atomic mass is 9.54. The number of guanidine groups is 1. The van der Waals surface area contributed by atoms with Crippen LogP contribution in [0.1, 0.15) is 43.2 Å². The van der Waals surface area contributed by atoms with Crippen molar-refractivity contribution in [3.05, 3.63) is 29.3 Å². The van der Waals surface area contributed by atoms with Crippen LogP contribution in [0.5, 0.6) is 5.75 Å². The van der Waals surface area contributed by atoms with Crippen molar-refractivity contribution in [3.63, 3.8) is 0 Å². The molecule has 5 nitrogen and oxygen atoms in total. The van der Waals surface area contributed by atoms with E-state index in [1.807, 2.05) is 13.0 Å². The molecule has 1 aromatic carbocycles. The Hall–Kier alpha value is -1.89. The molecule has 0 amide bonds. The van der Waals surface area contributed by atoms with Gasteiger partial charge in [0.25, 0.3) is 0 Å². The second-order valence-electron chi connectivity index (χ2n) is 8.22. The van der Waals surface area contributed by atoms with Gasteiger partial charge in [0.2, 0.25) is 0 Å². The van der Waals surface area contributed by atoms with E-state index in [0.717, 1.165) is 18.6 Å². The molecule has 1 aliphatic heterocycles. The minimum absolute atomic E-state index is 0.198. The van der Waals surface area contributed by atoms with Crippen LogP contribution in [0, 0.1) is 18.3 Å². The van der Waals surface area contributed by atoms with E-state index in [2.05, 4.69) is 20.4 Å². The van der Waals surface area contributed by atoms with Crippen molar-refractivity contribution in [2.24, 2.45) is 16.3 Å². The standard InChI is InChI=1S/C21H29F2N3O2/c1-13-5-6-16(28-19(22)23)14(11-13)12-25-20(24-2)26-17-15-7-10-27-18(15)21(17)8-3-4-9-21/h5-6,11,15,17-19H,3-4,7-10,12H2,1-2H3,(H2,24,25,26). The van der Waals surface area contributed by atoms with Crippen LogP contribution in [0.2, 0.25) is 0 Å². The Morgan fingerprint density at radius 3 is 2.86 bits per heavy atom. The maximum atomic E-state index is 12.7. The molecule has 3 unspecified atom stereocenters. The number of benzene rings is 1. The van der Waals surface area contributed by atoms with Gasteiger partial charge in [0.15, 0.2) is 5.96 Å². The SMILES string of the molecule is CN=C(NCc1cc(C)ccc1OC(F)F)NC1C2CCOC2C12CCCC2. The van der Waals surface area contributed by atoms with Gasteiger partial charge in [0, 0.05) is 43.1 Å². The summed E-state index contributed by atoms with van der Waals surface area (Å²) in [6.07, 6.45) is 6.39. The minimum Gasteiger partial charge on any atom is -0.434 e. The van der Waals surface area contributed by atoms with Crippen LogP contribution in [0.15, 0.2) is 23.2 Å². The number of fused-ring (bicyclic) bond motifs is 2. The molecule has 2 N–H and O–H groups in total. The largest absolute Gasteiger partial charge is 0.434 e. The molecular weight excluding hydrogens is 364 g/mol. The molecule has 154 valence electrons. The first-order valence-electron chi connectivity index (χ1n) is 10.2. The zero-order valence-electron chi connectivity index (χ0n) is 16.5. The highest BCUT2D eigenvalue weighted by Gasteiger charge is 2.65. The van der Waals surface area contributed by atoms with E-state index < -0.39 is 6.61 Å². The lowest BCUT2D eigenvalue weighted by Gasteiger charge is -2.57. The van der Waals surface area contributed by atoms with Crippen LogP contribution in [0.4, 0.5) is 8.78 Å². The fourth-order valence-corrected chi connectivity index (χ4v) is 5.48. The van der Waals surface area contributed by atoms with Gasteiger partial charge < -0.3 is 20.1 Å². The van der Waals surface area contributed by atoms with Gasteiger partial charge in [-0.25, -0.2) is 0 Å². The molecule has 1 saturated heterocycles. The van der Waals surface area contributed by atoms with Gasteiger partial charge in [-0.05, 0) is 32.3 Å². The average Bonchev–Trinajstić information content (AvgIpc) is 3.32. The average molecular weight is 393 g/mol. The predicted molar refractivity (Wildman–Crippen MR) is 104 cm³/mol. The molecule has 1 heterocycles. The summed E-state index contributed by atoms with van der Waals surface area (Å²) in [5.74, 6) is 1.43. The highest BCUT2D eigenvalue weighted by molar-refractivity contribution is 5.80. The number of alkyl halides is 2. The maximum Gasteiger partial charge on any atom is 0.387 e. The van der Waals surface area contributed by atoms with Gasteiger partial charge in [-0.15, -0.1) is 0 Å². The number of halogens is 2. The van der Waals surface area contributed by atoms with Crippen LogP contribution in [-0.4, -0.2) is 38.4 Å². The fraction of sp³-hybridized carbons (Fsp3) is 0.667. The first-order valence-corrected chi connectivity index (χ1v) is 10.2. The van der Waals surface area contributed by atoms with Crippen molar-refractivity contribution < 1.29 is 18.3 Å². The zero-order valence-corrected chi connectivity index (χ0v) is 16.5. The highest BCUT2D eigenvalue weighted by Crippen LogP contribution is 2.60. The van der Waals surface area contributed by atoms with Gasteiger partial charge in [-0.2, -0.15) is 8.78 Å². The molecule has 0 bridgehead atoms.